The number of hydrogen-bond acceptors (Lipinski definition) is 4. The smallest absolute Gasteiger partial charge is 0.263 e. The molecule has 0 radical (unpaired) electrons. The van der Waals surface area contributed by atoms with Gasteiger partial charge in [0.15, 0.2) is 0 Å². The molecule has 108 valence electrons. The van der Waals surface area contributed by atoms with Gasteiger partial charge in [0.2, 0.25) is 0 Å². The molecule has 20 heavy (non-hydrogen) atoms. The van der Waals surface area contributed by atoms with Gasteiger partial charge in [0.05, 0.1) is 17.2 Å². The molecule has 6 heteroatoms. The fourth-order valence-electron chi connectivity index (χ4n) is 1.96. The lowest BCUT2D eigenvalue weighted by Crippen LogP contribution is -2.32. The Bertz CT molecular complexity index is 627. The Balaban J connectivity index is 2.19. The van der Waals surface area contributed by atoms with Crippen LogP contribution in [0.3, 0.4) is 0 Å². The monoisotopic (exact) mass is 296 g/mol. The lowest BCUT2D eigenvalue weighted by atomic mass is 10.2. The Morgan fingerprint density at radius 3 is 2.95 bits per heavy atom. The van der Waals surface area contributed by atoms with Crippen LogP contribution in [0.2, 0.25) is 0 Å². The summed E-state index contributed by atoms with van der Waals surface area (Å²) >= 11 is 1.19. The molecule has 0 saturated heterocycles. The number of fused-ring (bicyclic) bond motifs is 1. The number of nitrogen functional groups attached to an aromatic ring is 1. The summed E-state index contributed by atoms with van der Waals surface area (Å²) in [6, 6.07) is 4.69. The minimum Gasteiger partial charge on any atom is -0.397 e. The zero-order valence-electron chi connectivity index (χ0n) is 11.4. The van der Waals surface area contributed by atoms with E-state index >= 15 is 0 Å². The van der Waals surface area contributed by atoms with E-state index in [9.17, 15) is 9.18 Å². The number of nitrogens with two attached hydrogens (primary N) is 1. The maximum atomic E-state index is 13.7. The summed E-state index contributed by atoms with van der Waals surface area (Å²) in [6.45, 7) is 4.75. The fourth-order valence-corrected chi connectivity index (χ4v) is 3.01. The second kappa shape index (κ2) is 6.19. The number of anilines is 1. The Morgan fingerprint density at radius 1 is 1.55 bits per heavy atom. The molecule has 0 aliphatic rings. The van der Waals surface area contributed by atoms with E-state index in [1.54, 1.807) is 12.1 Å². The van der Waals surface area contributed by atoms with E-state index in [0.29, 0.717) is 28.1 Å². The van der Waals surface area contributed by atoms with Crippen molar-refractivity contribution in [3.8, 4) is 0 Å². The van der Waals surface area contributed by atoms with Gasteiger partial charge in [0.1, 0.15) is 10.7 Å². The Labute approximate surface area is 120 Å². The second-order valence-corrected chi connectivity index (χ2v) is 5.49. The third-order valence-corrected chi connectivity index (χ3v) is 4.08. The molecule has 0 aliphatic carbocycles. The summed E-state index contributed by atoms with van der Waals surface area (Å²) in [6.07, 6.45) is -0.0729. The van der Waals surface area contributed by atoms with E-state index in [-0.39, 0.29) is 17.7 Å². The van der Waals surface area contributed by atoms with Gasteiger partial charge in [0.25, 0.3) is 5.91 Å². The van der Waals surface area contributed by atoms with Crippen molar-refractivity contribution in [3.63, 3.8) is 0 Å². The molecule has 1 aromatic heterocycles. The molecule has 0 spiro atoms. The Morgan fingerprint density at radius 2 is 2.30 bits per heavy atom. The van der Waals surface area contributed by atoms with Crippen LogP contribution in [0.5, 0.6) is 0 Å². The SMILES string of the molecule is CCOC(C)CNC(=O)c1sc2cccc(F)c2c1N. The molecule has 0 fully saturated rings. The van der Waals surface area contributed by atoms with E-state index in [0.717, 1.165) is 0 Å². The summed E-state index contributed by atoms with van der Waals surface area (Å²) < 4.78 is 19.7. The Hall–Kier alpha value is -1.66. The molecule has 1 amide bonds. The van der Waals surface area contributed by atoms with Crippen LogP contribution in [0.25, 0.3) is 10.1 Å². The first-order chi connectivity index (χ1) is 9.54. The molecular weight excluding hydrogens is 279 g/mol. The summed E-state index contributed by atoms with van der Waals surface area (Å²) in [7, 11) is 0. The summed E-state index contributed by atoms with van der Waals surface area (Å²) in [5.41, 5.74) is 6.08. The van der Waals surface area contributed by atoms with Crippen LogP contribution in [0, 0.1) is 5.82 Å². The van der Waals surface area contributed by atoms with Crippen molar-refractivity contribution in [2.75, 3.05) is 18.9 Å². The molecule has 1 atom stereocenters. The zero-order chi connectivity index (χ0) is 14.7. The number of carbonyl (C=O) groups excluding carboxylic acids is 1. The second-order valence-electron chi connectivity index (χ2n) is 4.43. The minimum absolute atomic E-state index is 0.0729. The van der Waals surface area contributed by atoms with Gasteiger partial charge in [-0.2, -0.15) is 0 Å². The van der Waals surface area contributed by atoms with Crippen LogP contribution in [-0.2, 0) is 4.74 Å². The van der Waals surface area contributed by atoms with Gasteiger partial charge < -0.3 is 15.8 Å². The van der Waals surface area contributed by atoms with E-state index < -0.39 is 5.82 Å². The number of amides is 1. The normalized spacial score (nSPS) is 12.6. The predicted octanol–water partition coefficient (Wildman–Crippen LogP) is 2.78. The highest BCUT2D eigenvalue weighted by Crippen LogP contribution is 2.35. The molecule has 2 rings (SSSR count). The lowest BCUT2D eigenvalue weighted by Gasteiger charge is -2.12. The van der Waals surface area contributed by atoms with E-state index in [1.807, 2.05) is 13.8 Å². The Kier molecular flexibility index (Phi) is 4.57. The number of thiophene rings is 1. The van der Waals surface area contributed by atoms with Crippen molar-refractivity contribution in [3.05, 3.63) is 28.9 Å². The fraction of sp³-hybridized carbons (Fsp3) is 0.357. The first-order valence-corrected chi connectivity index (χ1v) is 7.22. The predicted molar refractivity (Wildman–Crippen MR) is 79.6 cm³/mol. The van der Waals surface area contributed by atoms with Gasteiger partial charge in [-0.15, -0.1) is 11.3 Å². The van der Waals surface area contributed by atoms with Crippen LogP contribution < -0.4 is 11.1 Å². The van der Waals surface area contributed by atoms with Crippen molar-refractivity contribution in [2.45, 2.75) is 20.0 Å². The lowest BCUT2D eigenvalue weighted by molar-refractivity contribution is 0.0697. The van der Waals surface area contributed by atoms with Gasteiger partial charge in [-0.05, 0) is 26.0 Å². The third kappa shape index (κ3) is 2.91. The number of nitrogens with one attached hydrogen (secondary N) is 1. The number of halogens is 1. The first kappa shape index (κ1) is 14.7. The molecule has 2 aromatic rings. The van der Waals surface area contributed by atoms with E-state index in [2.05, 4.69) is 5.32 Å². The van der Waals surface area contributed by atoms with Gasteiger partial charge in [-0.3, -0.25) is 4.79 Å². The zero-order valence-corrected chi connectivity index (χ0v) is 12.2. The molecule has 0 bridgehead atoms. The number of hydrogen-bond donors (Lipinski definition) is 2. The summed E-state index contributed by atoms with van der Waals surface area (Å²) in [5.74, 6) is -0.701. The van der Waals surface area contributed by atoms with Crippen molar-refractivity contribution in [2.24, 2.45) is 0 Å². The van der Waals surface area contributed by atoms with E-state index in [1.165, 1.54) is 17.4 Å². The average molecular weight is 296 g/mol. The molecule has 3 N–H and O–H groups in total. The highest BCUT2D eigenvalue weighted by Gasteiger charge is 2.18. The molecule has 1 aromatic carbocycles. The van der Waals surface area contributed by atoms with Crippen molar-refractivity contribution in [1.29, 1.82) is 0 Å². The van der Waals surface area contributed by atoms with Crippen LogP contribution >= 0.6 is 11.3 Å². The summed E-state index contributed by atoms with van der Waals surface area (Å²) in [4.78, 5) is 12.4. The minimum atomic E-state index is -0.405. The quantitative estimate of drug-likeness (QED) is 0.891. The maximum Gasteiger partial charge on any atom is 0.263 e. The molecule has 0 saturated carbocycles. The summed E-state index contributed by atoms with van der Waals surface area (Å²) in [5, 5.41) is 3.07. The topological polar surface area (TPSA) is 64.3 Å². The maximum absolute atomic E-state index is 13.7. The molecule has 1 unspecified atom stereocenters. The van der Waals surface area contributed by atoms with Crippen molar-refractivity contribution < 1.29 is 13.9 Å². The van der Waals surface area contributed by atoms with Crippen LogP contribution in [0.4, 0.5) is 10.1 Å². The third-order valence-electron chi connectivity index (χ3n) is 2.91. The number of benzene rings is 1. The van der Waals surface area contributed by atoms with Gasteiger partial charge in [-0.1, -0.05) is 6.07 Å². The standard InChI is InChI=1S/C14H17FN2O2S/c1-3-19-8(2)7-17-14(18)13-12(16)11-9(15)5-4-6-10(11)20-13/h4-6,8H,3,7,16H2,1-2H3,(H,17,18). The largest absolute Gasteiger partial charge is 0.397 e. The molecule has 1 heterocycles. The van der Waals surface area contributed by atoms with E-state index in [4.69, 9.17) is 10.5 Å². The van der Waals surface area contributed by atoms with Gasteiger partial charge in [0, 0.05) is 17.9 Å². The highest BCUT2D eigenvalue weighted by molar-refractivity contribution is 7.21. The molecule has 4 nitrogen and oxygen atoms in total. The van der Waals surface area contributed by atoms with Gasteiger partial charge in [-0.25, -0.2) is 4.39 Å². The van der Waals surface area contributed by atoms with Crippen LogP contribution in [-0.4, -0.2) is 25.2 Å². The van der Waals surface area contributed by atoms with Crippen LogP contribution in [0.1, 0.15) is 23.5 Å². The van der Waals surface area contributed by atoms with Crippen LogP contribution in [0.15, 0.2) is 18.2 Å². The number of carbonyl (C=O) groups is 1. The first-order valence-electron chi connectivity index (χ1n) is 6.40. The van der Waals surface area contributed by atoms with Gasteiger partial charge >= 0.3 is 0 Å². The van der Waals surface area contributed by atoms with Crippen molar-refractivity contribution in [1.82, 2.24) is 5.32 Å². The molecular formula is C14H17FN2O2S. The average Bonchev–Trinajstić information content (AvgIpc) is 2.75. The number of rotatable bonds is 5. The molecule has 0 aliphatic heterocycles. The number of ether oxygens (including phenoxy) is 1. The van der Waals surface area contributed by atoms with Crippen molar-refractivity contribution >= 4 is 33.0 Å². The highest BCUT2D eigenvalue weighted by atomic mass is 32.1.